The van der Waals surface area contributed by atoms with Crippen molar-refractivity contribution in [2.45, 2.75) is 35.2 Å². The van der Waals surface area contributed by atoms with Crippen LogP contribution in [0.25, 0.3) is 0 Å². The minimum atomic E-state index is -0.735. The maximum atomic E-state index is 13.4. The minimum Gasteiger partial charge on any atom is -0.296 e. The summed E-state index contributed by atoms with van der Waals surface area (Å²) < 4.78 is 2.29. The minimum absolute atomic E-state index is 0.0145. The SMILES string of the molecule is N#Cc1cn(C2CC2)c(=O)n(CC(=O)N2c3ccccc3Sc3ccccc32)c1=O. The number of amides is 1. The lowest BCUT2D eigenvalue weighted by Gasteiger charge is -2.31. The normalized spacial score (nSPS) is 14.6. The molecule has 2 aromatic carbocycles. The molecule has 0 atom stereocenters. The maximum absolute atomic E-state index is 13.4. The van der Waals surface area contributed by atoms with Crippen LogP contribution in [0.2, 0.25) is 0 Å². The zero-order valence-corrected chi connectivity index (χ0v) is 16.6. The quantitative estimate of drug-likeness (QED) is 0.655. The molecule has 0 bridgehead atoms. The molecule has 1 aliphatic carbocycles. The smallest absolute Gasteiger partial charge is 0.296 e. The van der Waals surface area contributed by atoms with E-state index in [0.29, 0.717) is 11.4 Å². The van der Waals surface area contributed by atoms with Gasteiger partial charge in [-0.3, -0.25) is 19.1 Å². The average molecular weight is 416 g/mol. The van der Waals surface area contributed by atoms with Gasteiger partial charge in [0.25, 0.3) is 11.5 Å². The molecule has 3 aromatic rings. The molecule has 30 heavy (non-hydrogen) atoms. The molecule has 1 fully saturated rings. The number of fused-ring (bicyclic) bond motifs is 2. The number of rotatable bonds is 3. The van der Waals surface area contributed by atoms with Crippen molar-refractivity contribution >= 4 is 29.0 Å². The molecule has 7 nitrogen and oxygen atoms in total. The van der Waals surface area contributed by atoms with Gasteiger partial charge in [-0.05, 0) is 37.1 Å². The van der Waals surface area contributed by atoms with Crippen molar-refractivity contribution in [2.75, 3.05) is 4.90 Å². The first kappa shape index (κ1) is 18.5. The molecule has 8 heteroatoms. The first-order chi connectivity index (χ1) is 14.6. The molecule has 2 heterocycles. The number of nitrogens with zero attached hydrogens (tertiary/aromatic N) is 4. The number of hydrogen-bond donors (Lipinski definition) is 0. The highest BCUT2D eigenvalue weighted by atomic mass is 32.2. The van der Waals surface area contributed by atoms with Crippen LogP contribution in [0.5, 0.6) is 0 Å². The Hall–Kier alpha value is -3.57. The van der Waals surface area contributed by atoms with Gasteiger partial charge in [-0.2, -0.15) is 5.26 Å². The highest BCUT2D eigenvalue weighted by Crippen LogP contribution is 2.47. The molecule has 5 rings (SSSR count). The lowest BCUT2D eigenvalue weighted by atomic mass is 10.2. The van der Waals surface area contributed by atoms with Crippen LogP contribution in [0.3, 0.4) is 0 Å². The Morgan fingerprint density at radius 1 is 1.03 bits per heavy atom. The molecule has 0 N–H and O–H groups in total. The van der Waals surface area contributed by atoms with Gasteiger partial charge in [0, 0.05) is 22.0 Å². The van der Waals surface area contributed by atoms with Crippen molar-refractivity contribution in [3.05, 3.63) is 81.1 Å². The maximum Gasteiger partial charge on any atom is 0.331 e. The fourth-order valence-electron chi connectivity index (χ4n) is 3.63. The number of benzene rings is 2. The van der Waals surface area contributed by atoms with Crippen molar-refractivity contribution < 1.29 is 4.79 Å². The predicted octanol–water partition coefficient (Wildman–Crippen LogP) is 3.05. The Labute approximate surface area is 175 Å². The number of carbonyl (C=O) groups is 1. The van der Waals surface area contributed by atoms with E-state index in [1.807, 2.05) is 54.6 Å². The van der Waals surface area contributed by atoms with E-state index >= 15 is 0 Å². The number of nitriles is 1. The van der Waals surface area contributed by atoms with Gasteiger partial charge in [-0.1, -0.05) is 36.0 Å². The van der Waals surface area contributed by atoms with E-state index in [0.717, 1.165) is 27.2 Å². The summed E-state index contributed by atoms with van der Waals surface area (Å²) in [6.07, 6.45) is 2.95. The second kappa shape index (κ2) is 7.04. The van der Waals surface area contributed by atoms with E-state index < -0.39 is 23.7 Å². The van der Waals surface area contributed by atoms with E-state index in [1.54, 1.807) is 16.7 Å². The van der Waals surface area contributed by atoms with Gasteiger partial charge in [0.15, 0.2) is 0 Å². The van der Waals surface area contributed by atoms with Crippen LogP contribution in [0.1, 0.15) is 24.4 Å². The second-order valence-electron chi connectivity index (χ2n) is 7.23. The van der Waals surface area contributed by atoms with Crippen molar-refractivity contribution in [3.63, 3.8) is 0 Å². The van der Waals surface area contributed by atoms with Crippen LogP contribution in [0, 0.1) is 11.3 Å². The zero-order chi connectivity index (χ0) is 20.8. The number of para-hydroxylation sites is 2. The molecular formula is C22H16N4O3S. The molecule has 1 aliphatic heterocycles. The lowest BCUT2D eigenvalue weighted by molar-refractivity contribution is -0.118. The summed E-state index contributed by atoms with van der Waals surface area (Å²) in [5.74, 6) is -0.410. The van der Waals surface area contributed by atoms with Crippen LogP contribution in [0.4, 0.5) is 11.4 Å². The van der Waals surface area contributed by atoms with Gasteiger partial charge in [0.1, 0.15) is 18.2 Å². The Kier molecular flexibility index (Phi) is 4.33. The van der Waals surface area contributed by atoms with Crippen LogP contribution in [0.15, 0.2) is 74.1 Å². The van der Waals surface area contributed by atoms with E-state index in [-0.39, 0.29) is 11.6 Å². The molecule has 1 aromatic heterocycles. The van der Waals surface area contributed by atoms with E-state index in [9.17, 15) is 19.6 Å². The van der Waals surface area contributed by atoms with Crippen LogP contribution >= 0.6 is 11.8 Å². The van der Waals surface area contributed by atoms with Gasteiger partial charge in [-0.25, -0.2) is 9.36 Å². The first-order valence-corrected chi connectivity index (χ1v) is 10.3. The number of aromatic nitrogens is 2. The lowest BCUT2D eigenvalue weighted by Crippen LogP contribution is -2.45. The molecule has 2 aliphatic rings. The summed E-state index contributed by atoms with van der Waals surface area (Å²) in [5.41, 5.74) is -0.00998. The third kappa shape index (κ3) is 2.95. The largest absolute Gasteiger partial charge is 0.331 e. The zero-order valence-electron chi connectivity index (χ0n) is 15.8. The summed E-state index contributed by atoms with van der Waals surface area (Å²) in [6.45, 7) is -0.437. The van der Waals surface area contributed by atoms with Crippen molar-refractivity contribution in [1.29, 1.82) is 5.26 Å². The van der Waals surface area contributed by atoms with E-state index in [1.165, 1.54) is 10.8 Å². The average Bonchev–Trinajstić information content (AvgIpc) is 3.60. The molecule has 0 unspecified atom stereocenters. The molecule has 0 saturated heterocycles. The second-order valence-corrected chi connectivity index (χ2v) is 8.32. The fraction of sp³-hybridized carbons (Fsp3) is 0.182. The Morgan fingerprint density at radius 2 is 1.63 bits per heavy atom. The summed E-state index contributed by atoms with van der Waals surface area (Å²) >= 11 is 1.57. The summed E-state index contributed by atoms with van der Waals surface area (Å²) in [5, 5.41) is 9.33. The fourth-order valence-corrected chi connectivity index (χ4v) is 4.69. The molecule has 1 saturated carbocycles. The van der Waals surface area contributed by atoms with Crippen LogP contribution < -0.4 is 16.1 Å². The van der Waals surface area contributed by atoms with Gasteiger partial charge < -0.3 is 0 Å². The highest BCUT2D eigenvalue weighted by Gasteiger charge is 2.30. The Bertz CT molecular complexity index is 1300. The highest BCUT2D eigenvalue weighted by molar-refractivity contribution is 7.99. The van der Waals surface area contributed by atoms with E-state index in [2.05, 4.69) is 0 Å². The Balaban J connectivity index is 1.61. The summed E-state index contributed by atoms with van der Waals surface area (Å²) in [4.78, 5) is 42.4. The molecule has 0 spiro atoms. The molecule has 0 radical (unpaired) electrons. The summed E-state index contributed by atoms with van der Waals surface area (Å²) in [6, 6.07) is 16.9. The Morgan fingerprint density at radius 3 is 2.20 bits per heavy atom. The monoisotopic (exact) mass is 416 g/mol. The van der Waals surface area contributed by atoms with Crippen LogP contribution in [-0.2, 0) is 11.3 Å². The first-order valence-electron chi connectivity index (χ1n) is 9.53. The van der Waals surface area contributed by atoms with Crippen molar-refractivity contribution in [3.8, 4) is 6.07 Å². The third-order valence-electron chi connectivity index (χ3n) is 5.23. The standard InChI is InChI=1S/C22H16N4O3S/c23-11-14-12-24(15-9-10-15)22(29)25(21(14)28)13-20(27)26-16-5-1-3-7-18(16)30-19-8-4-2-6-17(19)26/h1-8,12,15H,9-10,13H2. The van der Waals surface area contributed by atoms with Crippen molar-refractivity contribution in [2.24, 2.45) is 0 Å². The van der Waals surface area contributed by atoms with Gasteiger partial charge in [0.2, 0.25) is 0 Å². The summed E-state index contributed by atoms with van der Waals surface area (Å²) in [7, 11) is 0. The van der Waals surface area contributed by atoms with Gasteiger partial charge in [0.05, 0.1) is 11.4 Å². The van der Waals surface area contributed by atoms with Gasteiger partial charge in [-0.15, -0.1) is 0 Å². The van der Waals surface area contributed by atoms with Crippen molar-refractivity contribution in [1.82, 2.24) is 9.13 Å². The topological polar surface area (TPSA) is 88.1 Å². The van der Waals surface area contributed by atoms with Crippen LogP contribution in [-0.4, -0.2) is 15.0 Å². The predicted molar refractivity (Wildman–Crippen MR) is 112 cm³/mol. The van der Waals surface area contributed by atoms with Gasteiger partial charge >= 0.3 is 5.69 Å². The van der Waals surface area contributed by atoms with E-state index in [4.69, 9.17) is 0 Å². The molecule has 1 amide bonds. The molecule has 148 valence electrons. The number of anilines is 2. The number of hydrogen-bond acceptors (Lipinski definition) is 5. The third-order valence-corrected chi connectivity index (χ3v) is 6.36. The molecular weight excluding hydrogens is 400 g/mol. The number of carbonyl (C=O) groups excluding carboxylic acids is 1.